The van der Waals surface area contributed by atoms with Crippen LogP contribution in [0.3, 0.4) is 0 Å². The van der Waals surface area contributed by atoms with Gasteiger partial charge < -0.3 is 34.9 Å². The minimum absolute atomic E-state index is 0.103. The van der Waals surface area contributed by atoms with Gasteiger partial charge in [0.05, 0.1) is 36.1 Å². The highest BCUT2D eigenvalue weighted by Gasteiger charge is 2.57. The lowest BCUT2D eigenvalue weighted by Gasteiger charge is -2.35. The fraction of sp³-hybridized carbons (Fsp3) is 0.444. The smallest absolute Gasteiger partial charge is 0.407 e. The molecule has 8 atom stereocenters. The molecule has 9 rings (SSSR count). The van der Waals surface area contributed by atoms with Crippen LogP contribution >= 0.6 is 0 Å². The molecule has 4 amide bonds. The summed E-state index contributed by atoms with van der Waals surface area (Å²) in [6, 6.07) is 16.8. The highest BCUT2D eigenvalue weighted by molar-refractivity contribution is 5.89. The second-order valence-electron chi connectivity index (χ2n) is 17.6. The van der Waals surface area contributed by atoms with E-state index in [1.807, 2.05) is 68.1 Å². The Kier molecular flexibility index (Phi) is 9.87. The van der Waals surface area contributed by atoms with Gasteiger partial charge in [0.1, 0.15) is 29.4 Å². The number of nitrogens with one attached hydrogen (secondary N) is 3. The first-order valence-corrected chi connectivity index (χ1v) is 20.9. The third-order valence-corrected chi connectivity index (χ3v) is 13.0. The van der Waals surface area contributed by atoms with Crippen LogP contribution in [0.25, 0.3) is 44.7 Å². The zero-order valence-electron chi connectivity index (χ0n) is 34.6. The van der Waals surface area contributed by atoms with E-state index >= 15 is 0 Å². The number of carboxylic acid groups (broad SMARTS) is 1. The number of aromatic amines is 2. The van der Waals surface area contributed by atoms with Crippen LogP contribution in [0.1, 0.15) is 77.1 Å². The number of alkyl carbamates (subject to hydrolysis) is 1. The number of ether oxygens (including phenoxy) is 1. The first-order valence-electron chi connectivity index (χ1n) is 20.9. The number of imidazole rings is 2. The van der Waals surface area contributed by atoms with Crippen LogP contribution in [-0.2, 0) is 14.3 Å². The van der Waals surface area contributed by atoms with Crippen molar-refractivity contribution in [3.63, 3.8) is 0 Å². The van der Waals surface area contributed by atoms with Gasteiger partial charge in [0, 0.05) is 42.5 Å². The number of H-pyrrole nitrogens is 2. The molecule has 0 unspecified atom stereocenters. The van der Waals surface area contributed by atoms with Gasteiger partial charge in [-0.3, -0.25) is 14.5 Å². The molecule has 4 fully saturated rings. The summed E-state index contributed by atoms with van der Waals surface area (Å²) in [5.74, 6) is 1.72. The number of pyridine rings is 1. The highest BCUT2D eigenvalue weighted by Crippen LogP contribution is 2.54. The van der Waals surface area contributed by atoms with Gasteiger partial charge in [-0.2, -0.15) is 0 Å². The van der Waals surface area contributed by atoms with Gasteiger partial charge in [-0.15, -0.1) is 0 Å². The normalized spacial score (nSPS) is 23.7. The monoisotopic (exact) mass is 813 g/mol. The Morgan fingerprint density at radius 3 is 1.92 bits per heavy atom. The van der Waals surface area contributed by atoms with E-state index in [0.29, 0.717) is 29.0 Å². The van der Waals surface area contributed by atoms with Crippen molar-refractivity contribution in [3.05, 3.63) is 78.6 Å². The van der Waals surface area contributed by atoms with Crippen molar-refractivity contribution in [1.82, 2.24) is 44.9 Å². The van der Waals surface area contributed by atoms with Crippen molar-refractivity contribution in [2.75, 3.05) is 14.2 Å². The predicted octanol–water partition coefficient (Wildman–Crippen LogP) is 7.02. The summed E-state index contributed by atoms with van der Waals surface area (Å²) < 4.78 is 4.80. The molecule has 0 spiro atoms. The lowest BCUT2D eigenvalue weighted by atomic mass is 10.0. The van der Waals surface area contributed by atoms with Gasteiger partial charge in [-0.1, -0.05) is 64.1 Å². The van der Waals surface area contributed by atoms with Crippen LogP contribution in [-0.4, -0.2) is 107 Å². The molecular weight excluding hydrogens is 763 g/mol. The number of amides is 4. The molecule has 3 aromatic heterocycles. The molecule has 0 bridgehead atoms. The van der Waals surface area contributed by atoms with Crippen LogP contribution in [0.4, 0.5) is 9.59 Å². The summed E-state index contributed by atoms with van der Waals surface area (Å²) in [4.78, 5) is 78.0. The second kappa shape index (κ2) is 15.1. The Bertz CT molecular complexity index is 2480. The predicted molar refractivity (Wildman–Crippen MR) is 223 cm³/mol. The third kappa shape index (κ3) is 7.02. The van der Waals surface area contributed by atoms with E-state index in [9.17, 15) is 24.3 Å². The van der Waals surface area contributed by atoms with E-state index in [2.05, 4.69) is 51.7 Å². The van der Waals surface area contributed by atoms with Crippen LogP contribution in [0.5, 0.6) is 0 Å². The van der Waals surface area contributed by atoms with E-state index in [0.717, 1.165) is 69.7 Å². The summed E-state index contributed by atoms with van der Waals surface area (Å²) in [7, 11) is 2.76. The quantitative estimate of drug-likeness (QED) is 0.109. The number of likely N-dealkylation sites (N-methyl/N-ethyl adjacent to an activating group) is 1. The molecule has 5 heterocycles. The Morgan fingerprint density at radius 2 is 1.32 bits per heavy atom. The van der Waals surface area contributed by atoms with E-state index in [4.69, 9.17) is 19.7 Å². The minimum atomic E-state index is -1.12. The molecule has 2 saturated carbocycles. The molecule has 312 valence electrons. The summed E-state index contributed by atoms with van der Waals surface area (Å²) in [6.45, 7) is 7.59. The topological polar surface area (TPSA) is 190 Å². The minimum Gasteiger partial charge on any atom is -0.465 e. The molecule has 15 heteroatoms. The number of carbonyl (C=O) groups excluding carboxylic acids is 3. The number of carbonyl (C=O) groups is 4. The van der Waals surface area contributed by atoms with Crippen molar-refractivity contribution >= 4 is 34.9 Å². The van der Waals surface area contributed by atoms with Gasteiger partial charge in [-0.25, -0.2) is 24.5 Å². The van der Waals surface area contributed by atoms with E-state index in [1.54, 1.807) is 0 Å². The number of benzene rings is 2. The average Bonchev–Trinajstić information content (AvgIpc) is 3.82. The van der Waals surface area contributed by atoms with Crippen LogP contribution in [0, 0.1) is 23.7 Å². The lowest BCUT2D eigenvalue weighted by molar-refractivity contribution is -0.140. The van der Waals surface area contributed by atoms with E-state index in [-0.39, 0.29) is 47.8 Å². The maximum Gasteiger partial charge on any atom is 0.407 e. The number of nitrogens with zero attached hydrogens (tertiary/aromatic N) is 6. The summed E-state index contributed by atoms with van der Waals surface area (Å²) in [6.07, 6.45) is 5.52. The van der Waals surface area contributed by atoms with E-state index in [1.165, 1.54) is 14.2 Å². The van der Waals surface area contributed by atoms with Crippen LogP contribution in [0.15, 0.2) is 67.0 Å². The van der Waals surface area contributed by atoms with Crippen molar-refractivity contribution in [1.29, 1.82) is 0 Å². The van der Waals surface area contributed by atoms with Crippen molar-refractivity contribution < 1.29 is 29.0 Å². The third-order valence-electron chi connectivity index (χ3n) is 13.0. The van der Waals surface area contributed by atoms with Gasteiger partial charge in [0.15, 0.2) is 0 Å². The van der Waals surface area contributed by atoms with Crippen LogP contribution < -0.4 is 5.32 Å². The first-order chi connectivity index (χ1) is 28.8. The number of likely N-dealkylation sites (tertiary alicyclic amines) is 2. The molecule has 4 N–H and O–H groups in total. The fourth-order valence-corrected chi connectivity index (χ4v) is 9.64. The summed E-state index contributed by atoms with van der Waals surface area (Å²) in [5, 5.41) is 13.4. The van der Waals surface area contributed by atoms with Gasteiger partial charge in [0.25, 0.3) is 0 Å². The standard InChI is InChI=1S/C45H51N9O6/c1-22(2)38(51-44(57)60-6)42(55)53-34-16-28(34)18-36(53)40-46-20-32(49-40)25-9-7-24(8-10-25)26-11-13-30-27(15-26)12-14-31(48-30)33-21-47-41(50-33)37-19-29-17-35(29)54(37)43(56)39(23(3)4)52(5)45(58)59/h7-15,20-23,28-29,34-39H,16-19H2,1-6H3,(H,46,49)(H,47,50)(H,51,57)(H,58,59)/t28-,29+,34+,35+,36-,37-,38-,39-/m0/s1. The Balaban J connectivity index is 0.884. The summed E-state index contributed by atoms with van der Waals surface area (Å²) >= 11 is 0. The molecule has 60 heavy (non-hydrogen) atoms. The largest absolute Gasteiger partial charge is 0.465 e. The fourth-order valence-electron chi connectivity index (χ4n) is 9.64. The van der Waals surface area contributed by atoms with Gasteiger partial charge >= 0.3 is 12.2 Å². The van der Waals surface area contributed by atoms with Gasteiger partial charge in [0.2, 0.25) is 11.8 Å². The first kappa shape index (κ1) is 39.2. The van der Waals surface area contributed by atoms with Crippen molar-refractivity contribution in [2.45, 2.75) is 89.6 Å². The molecule has 2 aliphatic heterocycles. The molecule has 2 aromatic carbocycles. The molecular formula is C45H51N9O6. The number of fused-ring (bicyclic) bond motifs is 3. The maximum absolute atomic E-state index is 13.9. The maximum atomic E-state index is 13.9. The zero-order valence-corrected chi connectivity index (χ0v) is 34.6. The lowest BCUT2D eigenvalue weighted by Crippen LogP contribution is -2.52. The molecule has 15 nitrogen and oxygen atoms in total. The summed E-state index contributed by atoms with van der Waals surface area (Å²) in [5.41, 5.74) is 6.07. The number of hydrogen-bond donors (Lipinski definition) is 4. The highest BCUT2D eigenvalue weighted by atomic mass is 16.5. The Hall–Kier alpha value is -6.25. The van der Waals surface area contributed by atoms with Crippen LogP contribution in [0.2, 0.25) is 0 Å². The Morgan fingerprint density at radius 1 is 0.733 bits per heavy atom. The van der Waals surface area contributed by atoms with Crippen molar-refractivity contribution in [2.24, 2.45) is 23.7 Å². The molecule has 2 saturated heterocycles. The number of methoxy groups -OCH3 is 1. The number of aromatic nitrogens is 5. The molecule has 4 aliphatic rings. The average molecular weight is 814 g/mol. The Labute approximate surface area is 347 Å². The molecule has 0 radical (unpaired) electrons. The molecule has 5 aromatic rings. The SMILES string of the molecule is COC(=O)N[C@H](C(=O)N1[C@@H]2C[C@H]2C[C@H]1c1nc(-c2ccc(-c3ccc4nc(-c5c[nH]c([C@@H]6C[C@H]7C[C@H]7N6C(=O)[C@H](C(C)C)N(C)C(=O)O)n5)ccc4c3)cc2)c[nH]1)C(C)C. The number of rotatable bonds is 11. The number of hydrogen-bond acceptors (Lipinski definition) is 8. The zero-order chi connectivity index (χ0) is 42.1. The molecule has 2 aliphatic carbocycles. The number of piperidine rings is 2. The van der Waals surface area contributed by atoms with Gasteiger partial charge in [-0.05, 0) is 78.7 Å². The van der Waals surface area contributed by atoms with Crippen molar-refractivity contribution in [3.8, 4) is 33.8 Å². The second-order valence-corrected chi connectivity index (χ2v) is 17.6. The van der Waals surface area contributed by atoms with E-state index < -0.39 is 24.3 Å².